The molecule has 4 nitrogen and oxygen atoms in total. The van der Waals surface area contributed by atoms with E-state index in [1.807, 2.05) is 31.4 Å². The Morgan fingerprint density at radius 2 is 2.24 bits per heavy atom. The molecule has 0 radical (unpaired) electrons. The van der Waals surface area contributed by atoms with Crippen LogP contribution in [0.2, 0.25) is 0 Å². The quantitative estimate of drug-likeness (QED) is 0.888. The van der Waals surface area contributed by atoms with Crippen molar-refractivity contribution in [2.45, 2.75) is 19.4 Å². The number of nitrogens with one attached hydrogen (secondary N) is 1. The van der Waals surface area contributed by atoms with Crippen molar-refractivity contribution in [1.29, 1.82) is 5.26 Å². The van der Waals surface area contributed by atoms with Crippen LogP contribution in [0.4, 0.5) is 5.69 Å². The average Bonchev–Trinajstić information content (AvgIpc) is 2.45. The van der Waals surface area contributed by atoms with Gasteiger partial charge in [0.1, 0.15) is 6.07 Å². The van der Waals surface area contributed by atoms with Crippen molar-refractivity contribution >= 4 is 28.4 Å². The molecule has 0 fully saturated rings. The lowest BCUT2D eigenvalue weighted by molar-refractivity contribution is 0.0997. The molecule has 110 valence electrons. The SMILES string of the molecule is CSC[C@@](C)(O)CNc1c(C#N)cnc2c(C)cccc12. The van der Waals surface area contributed by atoms with E-state index in [1.165, 1.54) is 0 Å². The predicted molar refractivity (Wildman–Crippen MR) is 88.7 cm³/mol. The summed E-state index contributed by atoms with van der Waals surface area (Å²) in [5.74, 6) is 0.629. The molecule has 2 N–H and O–H groups in total. The van der Waals surface area contributed by atoms with Crippen LogP contribution in [0.15, 0.2) is 24.4 Å². The molecule has 0 bridgehead atoms. The van der Waals surface area contributed by atoms with Gasteiger partial charge in [-0.2, -0.15) is 17.0 Å². The summed E-state index contributed by atoms with van der Waals surface area (Å²) in [6.07, 6.45) is 3.54. The number of anilines is 1. The van der Waals surface area contributed by atoms with Gasteiger partial charge in [-0.1, -0.05) is 18.2 Å². The zero-order valence-corrected chi connectivity index (χ0v) is 13.3. The number of aryl methyl sites for hydroxylation is 1. The van der Waals surface area contributed by atoms with Crippen LogP contribution in [-0.4, -0.2) is 34.2 Å². The Bertz CT molecular complexity index is 692. The number of rotatable bonds is 5. The third-order valence-electron chi connectivity index (χ3n) is 3.32. The van der Waals surface area contributed by atoms with E-state index in [-0.39, 0.29) is 0 Å². The fraction of sp³-hybridized carbons (Fsp3) is 0.375. The molecule has 1 aromatic heterocycles. The van der Waals surface area contributed by atoms with E-state index in [4.69, 9.17) is 0 Å². The first-order valence-corrected chi connectivity index (χ1v) is 8.11. The summed E-state index contributed by atoms with van der Waals surface area (Å²) in [7, 11) is 0. The summed E-state index contributed by atoms with van der Waals surface area (Å²) in [5.41, 5.74) is 2.35. The van der Waals surface area contributed by atoms with Gasteiger partial charge in [0.05, 0.1) is 22.4 Å². The number of aliphatic hydroxyl groups is 1. The standard InChI is InChI=1S/C16H19N3OS/c1-11-5-4-6-13-14(11)18-8-12(7-17)15(13)19-9-16(2,20)10-21-3/h4-6,8,20H,9-10H2,1-3H3,(H,18,19)/t16-/m0/s1. The Morgan fingerprint density at radius 3 is 2.90 bits per heavy atom. The number of para-hydroxylation sites is 1. The maximum Gasteiger partial charge on any atom is 0.103 e. The van der Waals surface area contributed by atoms with Gasteiger partial charge in [-0.15, -0.1) is 0 Å². The first-order valence-electron chi connectivity index (χ1n) is 6.72. The second kappa shape index (κ2) is 6.33. The third-order valence-corrected chi connectivity index (χ3v) is 4.23. The molecular weight excluding hydrogens is 282 g/mol. The highest BCUT2D eigenvalue weighted by Gasteiger charge is 2.20. The lowest BCUT2D eigenvalue weighted by Crippen LogP contribution is -2.36. The number of aromatic nitrogens is 1. The number of fused-ring (bicyclic) bond motifs is 1. The van der Waals surface area contributed by atoms with Crippen molar-refractivity contribution in [3.63, 3.8) is 0 Å². The third kappa shape index (κ3) is 3.46. The molecule has 0 amide bonds. The van der Waals surface area contributed by atoms with Crippen molar-refractivity contribution in [3.8, 4) is 6.07 Å². The van der Waals surface area contributed by atoms with E-state index >= 15 is 0 Å². The molecular formula is C16H19N3OS. The molecule has 1 aromatic carbocycles. The topological polar surface area (TPSA) is 68.9 Å². The van der Waals surface area contributed by atoms with E-state index in [9.17, 15) is 10.4 Å². The molecule has 1 atom stereocenters. The van der Waals surface area contributed by atoms with Gasteiger partial charge in [0.25, 0.3) is 0 Å². The minimum absolute atomic E-state index is 0.384. The summed E-state index contributed by atoms with van der Waals surface area (Å²) in [5, 5.41) is 23.7. The summed E-state index contributed by atoms with van der Waals surface area (Å²) >= 11 is 1.59. The maximum atomic E-state index is 10.3. The number of pyridine rings is 1. The monoisotopic (exact) mass is 301 g/mol. The van der Waals surface area contributed by atoms with Gasteiger partial charge >= 0.3 is 0 Å². The van der Waals surface area contributed by atoms with Gasteiger partial charge in [0, 0.05) is 23.9 Å². The van der Waals surface area contributed by atoms with Crippen LogP contribution in [0.5, 0.6) is 0 Å². The van der Waals surface area contributed by atoms with Crippen LogP contribution >= 0.6 is 11.8 Å². The van der Waals surface area contributed by atoms with E-state index in [1.54, 1.807) is 24.9 Å². The van der Waals surface area contributed by atoms with Crippen molar-refractivity contribution in [2.75, 3.05) is 23.9 Å². The highest BCUT2D eigenvalue weighted by atomic mass is 32.2. The number of benzene rings is 1. The highest BCUT2D eigenvalue weighted by Crippen LogP contribution is 2.28. The van der Waals surface area contributed by atoms with E-state index < -0.39 is 5.60 Å². The second-order valence-corrected chi connectivity index (χ2v) is 6.28. The zero-order valence-electron chi connectivity index (χ0n) is 12.5. The maximum absolute atomic E-state index is 10.3. The van der Waals surface area contributed by atoms with Crippen molar-refractivity contribution in [3.05, 3.63) is 35.5 Å². The molecule has 5 heteroatoms. The van der Waals surface area contributed by atoms with Crippen molar-refractivity contribution < 1.29 is 5.11 Å². The lowest BCUT2D eigenvalue weighted by atomic mass is 10.1. The normalized spacial score (nSPS) is 13.7. The molecule has 0 saturated carbocycles. The zero-order chi connectivity index (χ0) is 15.5. The van der Waals surface area contributed by atoms with Crippen LogP contribution in [-0.2, 0) is 0 Å². The minimum atomic E-state index is -0.828. The number of nitriles is 1. The minimum Gasteiger partial charge on any atom is -0.387 e. The molecule has 0 spiro atoms. The smallest absolute Gasteiger partial charge is 0.103 e. The molecule has 21 heavy (non-hydrogen) atoms. The average molecular weight is 301 g/mol. The van der Waals surface area contributed by atoms with Crippen LogP contribution in [0.3, 0.4) is 0 Å². The van der Waals surface area contributed by atoms with Gasteiger partial charge in [-0.05, 0) is 25.7 Å². The molecule has 0 aliphatic rings. The van der Waals surface area contributed by atoms with Gasteiger partial charge in [0.2, 0.25) is 0 Å². The first kappa shape index (κ1) is 15.6. The molecule has 0 aliphatic heterocycles. The summed E-state index contributed by atoms with van der Waals surface area (Å²) in [6.45, 7) is 4.17. The molecule has 0 aliphatic carbocycles. The Hall–Kier alpha value is -1.77. The second-order valence-electron chi connectivity index (χ2n) is 5.41. The van der Waals surface area contributed by atoms with Gasteiger partial charge < -0.3 is 10.4 Å². The summed E-state index contributed by atoms with van der Waals surface area (Å²) in [4.78, 5) is 4.36. The molecule has 0 unspecified atom stereocenters. The number of nitrogens with zero attached hydrogens (tertiary/aromatic N) is 2. The molecule has 2 aromatic rings. The van der Waals surface area contributed by atoms with E-state index in [0.717, 1.165) is 22.2 Å². The number of hydrogen-bond acceptors (Lipinski definition) is 5. The van der Waals surface area contributed by atoms with Crippen LogP contribution in [0, 0.1) is 18.3 Å². The Morgan fingerprint density at radius 1 is 1.48 bits per heavy atom. The predicted octanol–water partition coefficient (Wildman–Crippen LogP) is 2.94. The highest BCUT2D eigenvalue weighted by molar-refractivity contribution is 7.98. The Kier molecular flexibility index (Phi) is 4.71. The summed E-state index contributed by atoms with van der Waals surface area (Å²) < 4.78 is 0. The van der Waals surface area contributed by atoms with Gasteiger partial charge in [0.15, 0.2) is 0 Å². The largest absolute Gasteiger partial charge is 0.387 e. The summed E-state index contributed by atoms with van der Waals surface area (Å²) in [6, 6.07) is 8.06. The van der Waals surface area contributed by atoms with E-state index in [2.05, 4.69) is 16.4 Å². The fourth-order valence-corrected chi connectivity index (χ4v) is 3.01. The van der Waals surface area contributed by atoms with Crippen LogP contribution in [0.1, 0.15) is 18.1 Å². The Balaban J connectivity index is 2.42. The number of hydrogen-bond donors (Lipinski definition) is 2. The van der Waals surface area contributed by atoms with Crippen LogP contribution in [0.25, 0.3) is 10.9 Å². The lowest BCUT2D eigenvalue weighted by Gasteiger charge is -2.24. The molecule has 0 saturated heterocycles. The van der Waals surface area contributed by atoms with E-state index in [0.29, 0.717) is 17.9 Å². The molecule has 2 rings (SSSR count). The number of thioether (sulfide) groups is 1. The fourth-order valence-electron chi connectivity index (χ4n) is 2.29. The van der Waals surface area contributed by atoms with Crippen LogP contribution < -0.4 is 5.32 Å². The van der Waals surface area contributed by atoms with Gasteiger partial charge in [-0.3, -0.25) is 4.98 Å². The molecule has 1 heterocycles. The Labute approximate surface area is 129 Å². The van der Waals surface area contributed by atoms with Crippen molar-refractivity contribution in [2.24, 2.45) is 0 Å². The van der Waals surface area contributed by atoms with Crippen molar-refractivity contribution in [1.82, 2.24) is 4.98 Å². The first-order chi connectivity index (χ1) is 9.98. The van der Waals surface area contributed by atoms with Gasteiger partial charge in [-0.25, -0.2) is 0 Å².